The zero-order chi connectivity index (χ0) is 14.4. The Hall–Kier alpha value is -0.240. The second-order valence-corrected chi connectivity index (χ2v) is 6.55. The summed E-state index contributed by atoms with van der Waals surface area (Å²) in [5.41, 5.74) is -0.466. The molecule has 0 aromatic carbocycles. The molecule has 0 spiro atoms. The lowest BCUT2D eigenvalue weighted by molar-refractivity contribution is -0.225. The Bertz CT molecular complexity index is 324. The van der Waals surface area contributed by atoms with Crippen LogP contribution >= 0.6 is 0 Å². The average molecular weight is 276 g/mol. The zero-order valence-electron chi connectivity index (χ0n) is 12.1. The Labute approximate surface area is 113 Å². The van der Waals surface area contributed by atoms with Crippen LogP contribution < -0.4 is 0 Å². The first-order valence-corrected chi connectivity index (χ1v) is 6.60. The van der Waals surface area contributed by atoms with Crippen LogP contribution in [0.25, 0.3) is 0 Å². The molecule has 2 N–H and O–H groups in total. The SMILES string of the molecule is CC(C)(C)O[C@@H]1O[C@@H](C2COC(C)(C)O2)[C@@H](O)[C@@H]1O. The molecule has 2 rings (SSSR count). The molecule has 0 radical (unpaired) electrons. The minimum Gasteiger partial charge on any atom is -0.387 e. The van der Waals surface area contributed by atoms with Crippen LogP contribution in [0.4, 0.5) is 0 Å². The van der Waals surface area contributed by atoms with Gasteiger partial charge >= 0.3 is 0 Å². The molecule has 1 unspecified atom stereocenters. The van der Waals surface area contributed by atoms with Crippen molar-refractivity contribution in [2.75, 3.05) is 6.61 Å². The minimum absolute atomic E-state index is 0.323. The summed E-state index contributed by atoms with van der Waals surface area (Å²) < 4.78 is 22.3. The van der Waals surface area contributed by atoms with Crippen molar-refractivity contribution in [3.8, 4) is 0 Å². The van der Waals surface area contributed by atoms with Gasteiger partial charge in [-0.05, 0) is 34.6 Å². The Balaban J connectivity index is 2.01. The highest BCUT2D eigenvalue weighted by Gasteiger charge is 2.51. The third kappa shape index (κ3) is 3.45. The average Bonchev–Trinajstić information content (AvgIpc) is 2.71. The van der Waals surface area contributed by atoms with E-state index in [1.807, 2.05) is 20.8 Å². The normalized spacial score (nSPS) is 42.8. The highest BCUT2D eigenvalue weighted by molar-refractivity contribution is 4.94. The number of aliphatic hydroxyl groups excluding tert-OH is 2. The third-order valence-corrected chi connectivity index (χ3v) is 3.12. The number of aliphatic hydroxyl groups is 2. The summed E-state index contributed by atoms with van der Waals surface area (Å²) in [5.74, 6) is -0.693. The topological polar surface area (TPSA) is 77.4 Å². The van der Waals surface area contributed by atoms with E-state index in [1.54, 1.807) is 13.8 Å². The van der Waals surface area contributed by atoms with Gasteiger partial charge in [-0.1, -0.05) is 0 Å². The molecule has 0 saturated carbocycles. The van der Waals surface area contributed by atoms with E-state index in [1.165, 1.54) is 0 Å². The predicted molar refractivity (Wildman–Crippen MR) is 66.4 cm³/mol. The summed E-state index contributed by atoms with van der Waals surface area (Å²) in [6.07, 6.45) is -4.05. The molecule has 6 nitrogen and oxygen atoms in total. The highest BCUT2D eigenvalue weighted by Crippen LogP contribution is 2.33. The van der Waals surface area contributed by atoms with Gasteiger partial charge in [-0.3, -0.25) is 0 Å². The predicted octanol–water partition coefficient (Wildman–Crippen LogP) is 0.400. The molecule has 0 aliphatic carbocycles. The maximum Gasteiger partial charge on any atom is 0.187 e. The van der Waals surface area contributed by atoms with Gasteiger partial charge in [-0.25, -0.2) is 0 Å². The van der Waals surface area contributed by atoms with Gasteiger partial charge in [0.05, 0.1) is 12.2 Å². The van der Waals surface area contributed by atoms with E-state index >= 15 is 0 Å². The molecule has 0 amide bonds. The Morgan fingerprint density at radius 3 is 2.26 bits per heavy atom. The molecule has 0 aromatic rings. The first-order valence-electron chi connectivity index (χ1n) is 6.60. The fourth-order valence-corrected chi connectivity index (χ4v) is 2.30. The molecule has 19 heavy (non-hydrogen) atoms. The largest absolute Gasteiger partial charge is 0.387 e. The quantitative estimate of drug-likeness (QED) is 0.760. The second-order valence-electron chi connectivity index (χ2n) is 6.55. The lowest BCUT2D eigenvalue weighted by Crippen LogP contribution is -2.41. The molecule has 0 aromatic heterocycles. The monoisotopic (exact) mass is 276 g/mol. The molecular weight excluding hydrogens is 252 g/mol. The van der Waals surface area contributed by atoms with E-state index in [4.69, 9.17) is 18.9 Å². The van der Waals surface area contributed by atoms with Crippen LogP contribution in [-0.4, -0.2) is 58.9 Å². The van der Waals surface area contributed by atoms with Crippen LogP contribution in [0.3, 0.4) is 0 Å². The summed E-state index contributed by atoms with van der Waals surface area (Å²) in [6.45, 7) is 9.51. The van der Waals surface area contributed by atoms with Gasteiger partial charge < -0.3 is 29.2 Å². The number of hydrogen-bond donors (Lipinski definition) is 2. The number of rotatable bonds is 2. The smallest absolute Gasteiger partial charge is 0.187 e. The number of ether oxygens (including phenoxy) is 4. The summed E-state index contributed by atoms with van der Waals surface area (Å²) in [5, 5.41) is 20.1. The molecule has 2 fully saturated rings. The lowest BCUT2D eigenvalue weighted by Gasteiger charge is -2.26. The van der Waals surface area contributed by atoms with Gasteiger partial charge in [0.25, 0.3) is 0 Å². The zero-order valence-corrected chi connectivity index (χ0v) is 12.1. The summed E-state index contributed by atoms with van der Waals surface area (Å²) in [6, 6.07) is 0. The van der Waals surface area contributed by atoms with Crippen molar-refractivity contribution >= 4 is 0 Å². The van der Waals surface area contributed by atoms with Crippen LogP contribution in [0.1, 0.15) is 34.6 Å². The van der Waals surface area contributed by atoms with Crippen molar-refractivity contribution in [2.24, 2.45) is 0 Å². The lowest BCUT2D eigenvalue weighted by atomic mass is 10.1. The molecule has 0 bridgehead atoms. The maximum atomic E-state index is 10.1. The molecule has 2 aliphatic rings. The van der Waals surface area contributed by atoms with Gasteiger partial charge in [-0.2, -0.15) is 0 Å². The summed E-state index contributed by atoms with van der Waals surface area (Å²) in [4.78, 5) is 0. The van der Waals surface area contributed by atoms with E-state index in [9.17, 15) is 10.2 Å². The van der Waals surface area contributed by atoms with Crippen LogP contribution in [0.5, 0.6) is 0 Å². The van der Waals surface area contributed by atoms with E-state index in [-0.39, 0.29) is 0 Å². The van der Waals surface area contributed by atoms with Crippen molar-refractivity contribution < 1.29 is 29.2 Å². The molecule has 5 atom stereocenters. The fourth-order valence-electron chi connectivity index (χ4n) is 2.30. The molecule has 2 saturated heterocycles. The Kier molecular flexibility index (Phi) is 3.94. The van der Waals surface area contributed by atoms with Gasteiger partial charge in [0.1, 0.15) is 24.4 Å². The molecule has 112 valence electrons. The highest BCUT2D eigenvalue weighted by atomic mass is 16.8. The Morgan fingerprint density at radius 1 is 1.16 bits per heavy atom. The van der Waals surface area contributed by atoms with Gasteiger partial charge in [0, 0.05) is 0 Å². The first-order chi connectivity index (χ1) is 8.59. The molecule has 6 heteroatoms. The summed E-state index contributed by atoms with van der Waals surface area (Å²) >= 11 is 0. The van der Waals surface area contributed by atoms with Gasteiger partial charge in [0.2, 0.25) is 0 Å². The van der Waals surface area contributed by atoms with Crippen molar-refractivity contribution in [3.05, 3.63) is 0 Å². The van der Waals surface area contributed by atoms with Crippen LogP contribution in [0.2, 0.25) is 0 Å². The van der Waals surface area contributed by atoms with E-state index in [0.717, 1.165) is 0 Å². The van der Waals surface area contributed by atoms with Crippen LogP contribution in [0.15, 0.2) is 0 Å². The number of hydrogen-bond acceptors (Lipinski definition) is 6. The van der Waals surface area contributed by atoms with E-state index in [2.05, 4.69) is 0 Å². The van der Waals surface area contributed by atoms with E-state index < -0.39 is 42.1 Å². The Morgan fingerprint density at radius 2 is 1.79 bits per heavy atom. The second kappa shape index (κ2) is 4.95. The molecule has 2 heterocycles. The van der Waals surface area contributed by atoms with Crippen molar-refractivity contribution in [3.63, 3.8) is 0 Å². The van der Waals surface area contributed by atoms with Crippen molar-refractivity contribution in [2.45, 2.75) is 76.7 Å². The standard InChI is InChI=1S/C13H24O6/c1-12(2,3)19-11-9(15)8(14)10(17-11)7-6-16-13(4,5)18-7/h7-11,14-15H,6H2,1-5H3/t7?,8-,9-,10-,11-/m0/s1. The van der Waals surface area contributed by atoms with Crippen molar-refractivity contribution in [1.82, 2.24) is 0 Å². The first kappa shape index (κ1) is 15.2. The van der Waals surface area contributed by atoms with Gasteiger partial charge in [0.15, 0.2) is 12.1 Å². The van der Waals surface area contributed by atoms with Crippen LogP contribution in [0, 0.1) is 0 Å². The minimum atomic E-state index is -1.09. The molecule has 2 aliphatic heterocycles. The van der Waals surface area contributed by atoms with E-state index in [0.29, 0.717) is 6.61 Å². The van der Waals surface area contributed by atoms with Crippen LogP contribution in [-0.2, 0) is 18.9 Å². The maximum absolute atomic E-state index is 10.1. The molecular formula is C13H24O6. The van der Waals surface area contributed by atoms with Crippen molar-refractivity contribution in [1.29, 1.82) is 0 Å². The van der Waals surface area contributed by atoms with Gasteiger partial charge in [-0.15, -0.1) is 0 Å². The summed E-state index contributed by atoms with van der Waals surface area (Å²) in [7, 11) is 0. The third-order valence-electron chi connectivity index (χ3n) is 3.12. The fraction of sp³-hybridized carbons (Fsp3) is 1.00.